The number of amides is 4. The van der Waals surface area contributed by atoms with E-state index in [1.165, 1.54) is 0 Å². The first-order valence-electron chi connectivity index (χ1n) is 14.5. The van der Waals surface area contributed by atoms with E-state index >= 15 is 0 Å². The maximum Gasteiger partial charge on any atom is 0.326 e. The number of halogens is 1. The van der Waals surface area contributed by atoms with E-state index in [4.69, 9.17) is 19.3 Å². The smallest absolute Gasteiger partial charge is 0.326 e. The highest BCUT2D eigenvalue weighted by atomic mass is 127. The molecule has 0 radical (unpaired) electrons. The number of unbranched alkanes of at least 4 members (excludes halogenated alkanes) is 5. The van der Waals surface area contributed by atoms with Gasteiger partial charge in [-0.25, -0.2) is 4.79 Å². The molecule has 0 aliphatic rings. The molecule has 6 N–H and O–H groups in total. The van der Waals surface area contributed by atoms with Crippen LogP contribution in [0.4, 0.5) is 0 Å². The second-order valence-electron chi connectivity index (χ2n) is 9.47. The van der Waals surface area contributed by atoms with Gasteiger partial charge in [0.15, 0.2) is 0 Å². The van der Waals surface area contributed by atoms with E-state index in [2.05, 4.69) is 21.3 Å². The number of hydrogen-bond donors (Lipinski definition) is 6. The summed E-state index contributed by atoms with van der Waals surface area (Å²) in [5, 5.41) is 28.3. The minimum Gasteiger partial charge on any atom is -0.481 e. The number of alkyl halides is 1. The molecule has 0 aliphatic heterocycles. The van der Waals surface area contributed by atoms with E-state index < -0.39 is 18.0 Å². The van der Waals surface area contributed by atoms with Gasteiger partial charge in [-0.2, -0.15) is 0 Å². The number of hydrogen-bond acceptors (Lipinski definition) is 9. The Morgan fingerprint density at radius 2 is 1.09 bits per heavy atom. The first kappa shape index (κ1) is 40.4. The van der Waals surface area contributed by atoms with Crippen molar-refractivity contribution < 1.29 is 53.2 Å². The molecule has 1 atom stereocenters. The Morgan fingerprint density at radius 3 is 1.67 bits per heavy atom. The zero-order valence-corrected chi connectivity index (χ0v) is 26.8. The number of nitrogens with one attached hydrogen (secondary N) is 4. The second-order valence-corrected chi connectivity index (χ2v) is 10.2. The Balaban J connectivity index is 3.73. The van der Waals surface area contributed by atoms with Gasteiger partial charge in [-0.3, -0.25) is 24.0 Å². The van der Waals surface area contributed by atoms with Gasteiger partial charge in [0.1, 0.15) is 12.6 Å². The van der Waals surface area contributed by atoms with Gasteiger partial charge >= 0.3 is 11.9 Å². The fourth-order valence-corrected chi connectivity index (χ4v) is 3.80. The lowest BCUT2D eigenvalue weighted by molar-refractivity contribution is -0.142. The fourth-order valence-electron chi connectivity index (χ4n) is 3.53. The summed E-state index contributed by atoms with van der Waals surface area (Å²) >= 11 is 1.97. The molecule has 16 heteroatoms. The van der Waals surface area contributed by atoms with E-state index in [0.29, 0.717) is 43.6 Å². The predicted molar refractivity (Wildman–Crippen MR) is 164 cm³/mol. The third-order valence-corrected chi connectivity index (χ3v) is 6.46. The molecular formula is C27H47IN4O11. The number of ether oxygens (including phenoxy) is 3. The van der Waals surface area contributed by atoms with Gasteiger partial charge in [-0.15, -0.1) is 0 Å². The Hall–Kier alpha value is -2.57. The summed E-state index contributed by atoms with van der Waals surface area (Å²) in [6, 6.07) is -1.16. The van der Waals surface area contributed by atoms with Gasteiger partial charge in [0.05, 0.1) is 37.5 Å². The highest BCUT2D eigenvalue weighted by Crippen LogP contribution is 2.09. The summed E-state index contributed by atoms with van der Waals surface area (Å²) in [7, 11) is 0. The van der Waals surface area contributed by atoms with Crippen LogP contribution in [0.5, 0.6) is 0 Å². The molecule has 43 heavy (non-hydrogen) atoms. The minimum atomic E-state index is -1.21. The van der Waals surface area contributed by atoms with Crippen LogP contribution >= 0.6 is 22.6 Å². The maximum absolute atomic E-state index is 12.1. The van der Waals surface area contributed by atoms with E-state index in [0.717, 1.165) is 25.7 Å². The lowest BCUT2D eigenvalue weighted by Gasteiger charge is -2.14. The molecule has 0 aromatic heterocycles. The first-order valence-corrected chi connectivity index (χ1v) is 16.0. The molecule has 0 aromatic rings. The van der Waals surface area contributed by atoms with Crippen LogP contribution < -0.4 is 21.3 Å². The summed E-state index contributed by atoms with van der Waals surface area (Å²) in [5.41, 5.74) is 0. The number of rotatable bonds is 29. The second kappa shape index (κ2) is 28.2. The average Bonchev–Trinajstić information content (AvgIpc) is 2.96. The SMILES string of the molecule is O=C(O)CCCCCCCCC(=O)N[C@H](CCC(=O)NCCOCCOCC(=O)NCCOCCNC(=O)CI)C(=O)O. The molecule has 0 aromatic carbocycles. The summed E-state index contributed by atoms with van der Waals surface area (Å²) in [6.45, 7) is 2.08. The lowest BCUT2D eigenvalue weighted by Crippen LogP contribution is -2.41. The van der Waals surface area contributed by atoms with Crippen molar-refractivity contribution in [2.24, 2.45) is 0 Å². The molecular weight excluding hydrogens is 683 g/mol. The minimum absolute atomic E-state index is 0.0453. The van der Waals surface area contributed by atoms with E-state index in [-0.39, 0.29) is 82.3 Å². The van der Waals surface area contributed by atoms with Crippen LogP contribution in [0, 0.1) is 0 Å². The molecule has 15 nitrogen and oxygen atoms in total. The summed E-state index contributed by atoms with van der Waals surface area (Å²) in [4.78, 5) is 68.8. The lowest BCUT2D eigenvalue weighted by atomic mass is 10.1. The largest absolute Gasteiger partial charge is 0.481 e. The van der Waals surface area contributed by atoms with Gasteiger partial charge in [-0.05, 0) is 19.3 Å². The molecule has 0 spiro atoms. The summed E-state index contributed by atoms with van der Waals surface area (Å²) in [6.07, 6.45) is 4.85. The third kappa shape index (κ3) is 28.0. The number of carboxylic acid groups (broad SMARTS) is 2. The molecule has 0 saturated heterocycles. The maximum atomic E-state index is 12.1. The molecule has 0 rings (SSSR count). The molecule has 0 fully saturated rings. The number of carbonyl (C=O) groups excluding carboxylic acids is 4. The van der Waals surface area contributed by atoms with Crippen molar-refractivity contribution in [1.29, 1.82) is 0 Å². The van der Waals surface area contributed by atoms with E-state index in [1.54, 1.807) is 0 Å². The summed E-state index contributed by atoms with van der Waals surface area (Å²) in [5.74, 6) is -3.12. The van der Waals surface area contributed by atoms with E-state index in [9.17, 15) is 33.9 Å². The Morgan fingerprint density at radius 1 is 0.581 bits per heavy atom. The molecule has 248 valence electrons. The topological polar surface area (TPSA) is 219 Å². The summed E-state index contributed by atoms with van der Waals surface area (Å²) < 4.78 is 16.2. The molecule has 0 heterocycles. The van der Waals surface area contributed by atoms with Crippen molar-refractivity contribution in [3.05, 3.63) is 0 Å². The van der Waals surface area contributed by atoms with Gasteiger partial charge in [0, 0.05) is 38.9 Å². The van der Waals surface area contributed by atoms with Crippen molar-refractivity contribution in [2.75, 3.05) is 63.7 Å². The number of aliphatic carboxylic acids is 2. The molecule has 0 saturated carbocycles. The molecule has 4 amide bonds. The van der Waals surface area contributed by atoms with Crippen molar-refractivity contribution >= 4 is 58.2 Å². The number of carbonyl (C=O) groups is 6. The first-order chi connectivity index (χ1) is 20.6. The van der Waals surface area contributed by atoms with Crippen LogP contribution in [0.2, 0.25) is 0 Å². The monoisotopic (exact) mass is 730 g/mol. The van der Waals surface area contributed by atoms with Crippen LogP contribution in [-0.4, -0.2) is 116 Å². The predicted octanol–water partition coefficient (Wildman–Crippen LogP) is 0.375. The van der Waals surface area contributed by atoms with Crippen LogP contribution in [0.15, 0.2) is 0 Å². The quantitative estimate of drug-likeness (QED) is 0.0351. The van der Waals surface area contributed by atoms with Gasteiger partial charge < -0.3 is 45.7 Å². The highest BCUT2D eigenvalue weighted by Gasteiger charge is 2.20. The highest BCUT2D eigenvalue weighted by molar-refractivity contribution is 14.1. The van der Waals surface area contributed by atoms with Gasteiger partial charge in [-0.1, -0.05) is 48.3 Å². The van der Waals surface area contributed by atoms with Crippen molar-refractivity contribution in [3.8, 4) is 0 Å². The van der Waals surface area contributed by atoms with Crippen LogP contribution in [-0.2, 0) is 43.0 Å². The average molecular weight is 731 g/mol. The Bertz CT molecular complexity index is 833. The molecule has 0 aliphatic carbocycles. The Kier molecular flexibility index (Phi) is 26.5. The van der Waals surface area contributed by atoms with Gasteiger partial charge in [0.2, 0.25) is 23.6 Å². The number of carboxylic acids is 2. The fraction of sp³-hybridized carbons (Fsp3) is 0.778. The normalized spacial score (nSPS) is 11.4. The van der Waals surface area contributed by atoms with Crippen molar-refractivity contribution in [3.63, 3.8) is 0 Å². The van der Waals surface area contributed by atoms with E-state index in [1.807, 2.05) is 22.6 Å². The standard InChI is InChI=1S/C27H47IN4O11/c28-19-24(35)30-12-14-41-15-13-31-25(36)20-43-18-17-42-16-11-29-22(33)10-9-21(27(39)40)32-23(34)7-5-3-1-2-4-6-8-26(37)38/h21H,1-20H2,(H,29,33)(H,30,35)(H,31,36)(H,32,34)(H,37,38)(H,39,40)/t21-/m1/s1. The van der Waals surface area contributed by atoms with Gasteiger partial charge in [0.25, 0.3) is 0 Å². The third-order valence-electron chi connectivity index (χ3n) is 5.77. The molecule has 0 unspecified atom stereocenters. The van der Waals surface area contributed by atoms with Crippen molar-refractivity contribution in [1.82, 2.24) is 21.3 Å². The zero-order chi connectivity index (χ0) is 32.1. The Labute approximate surface area is 266 Å². The zero-order valence-electron chi connectivity index (χ0n) is 24.7. The van der Waals surface area contributed by atoms with Crippen LogP contribution in [0.1, 0.15) is 64.2 Å². The molecule has 0 bridgehead atoms. The van der Waals surface area contributed by atoms with Crippen molar-refractivity contribution in [2.45, 2.75) is 70.3 Å². The van der Waals surface area contributed by atoms with Crippen LogP contribution in [0.25, 0.3) is 0 Å². The van der Waals surface area contributed by atoms with Crippen LogP contribution in [0.3, 0.4) is 0 Å².